The quantitative estimate of drug-likeness (QED) is 0.758. The molecule has 1 amide bonds. The van der Waals surface area contributed by atoms with Gasteiger partial charge in [-0.25, -0.2) is 0 Å². The number of aliphatic carboxylic acids is 1. The van der Waals surface area contributed by atoms with Crippen LogP contribution in [0, 0.1) is 5.92 Å². The van der Waals surface area contributed by atoms with E-state index >= 15 is 0 Å². The van der Waals surface area contributed by atoms with Crippen LogP contribution in [0.15, 0.2) is 0 Å². The van der Waals surface area contributed by atoms with Crippen LogP contribution < -0.4 is 5.32 Å². The van der Waals surface area contributed by atoms with Crippen LogP contribution in [0.2, 0.25) is 0 Å². The highest BCUT2D eigenvalue weighted by Crippen LogP contribution is 2.25. The van der Waals surface area contributed by atoms with E-state index in [9.17, 15) is 9.59 Å². The summed E-state index contributed by atoms with van der Waals surface area (Å²) in [7, 11) is 0. The molecule has 1 heterocycles. The Balaban J connectivity index is 1.67. The molecule has 2 aliphatic rings. The topological polar surface area (TPSA) is 84.9 Å². The highest BCUT2D eigenvalue weighted by molar-refractivity contribution is 5.80. The summed E-state index contributed by atoms with van der Waals surface area (Å²) < 4.78 is 11.0. The normalized spacial score (nSPS) is 31.1. The van der Waals surface area contributed by atoms with Crippen LogP contribution in [0.4, 0.5) is 0 Å². The second kappa shape index (κ2) is 7.04. The van der Waals surface area contributed by atoms with Crippen molar-refractivity contribution in [2.45, 2.75) is 57.3 Å². The van der Waals surface area contributed by atoms with Crippen LogP contribution in [0.3, 0.4) is 0 Å². The van der Waals surface area contributed by atoms with Gasteiger partial charge < -0.3 is 19.9 Å². The van der Waals surface area contributed by atoms with Crippen molar-refractivity contribution in [3.8, 4) is 0 Å². The Kier molecular flexibility index (Phi) is 5.37. The Hall–Kier alpha value is -1.14. The Labute approximate surface area is 118 Å². The molecule has 0 aromatic rings. The largest absolute Gasteiger partial charge is 0.481 e. The molecule has 0 spiro atoms. The molecule has 2 unspecified atom stereocenters. The minimum atomic E-state index is -0.774. The zero-order valence-corrected chi connectivity index (χ0v) is 11.8. The van der Waals surface area contributed by atoms with Gasteiger partial charge in [-0.3, -0.25) is 9.59 Å². The van der Waals surface area contributed by atoms with Crippen LogP contribution in [0.25, 0.3) is 0 Å². The van der Waals surface area contributed by atoms with Gasteiger partial charge in [0.1, 0.15) is 6.10 Å². The first-order valence-corrected chi connectivity index (χ1v) is 7.32. The van der Waals surface area contributed by atoms with Crippen LogP contribution >= 0.6 is 0 Å². The minimum absolute atomic E-state index is 0.0441. The van der Waals surface area contributed by atoms with Gasteiger partial charge >= 0.3 is 5.97 Å². The summed E-state index contributed by atoms with van der Waals surface area (Å²) in [6.07, 6.45) is 3.48. The highest BCUT2D eigenvalue weighted by atomic mass is 16.5. The minimum Gasteiger partial charge on any atom is -0.481 e. The average Bonchev–Trinajstić information content (AvgIpc) is 3.06. The number of ether oxygens (including phenoxy) is 2. The number of rotatable bonds is 6. The van der Waals surface area contributed by atoms with Gasteiger partial charge in [-0.1, -0.05) is 0 Å². The summed E-state index contributed by atoms with van der Waals surface area (Å²) >= 11 is 0. The van der Waals surface area contributed by atoms with Gasteiger partial charge in [0.05, 0.1) is 18.6 Å². The number of carboxylic acids is 1. The van der Waals surface area contributed by atoms with Gasteiger partial charge in [0, 0.05) is 12.6 Å². The van der Waals surface area contributed by atoms with Crippen molar-refractivity contribution in [2.75, 3.05) is 13.2 Å². The fourth-order valence-corrected chi connectivity index (χ4v) is 2.76. The lowest BCUT2D eigenvalue weighted by atomic mass is 10.1. The zero-order chi connectivity index (χ0) is 14.5. The lowest BCUT2D eigenvalue weighted by Crippen LogP contribution is -2.41. The van der Waals surface area contributed by atoms with Gasteiger partial charge in [-0.15, -0.1) is 0 Å². The molecule has 1 saturated heterocycles. The second-order valence-electron chi connectivity index (χ2n) is 5.66. The van der Waals surface area contributed by atoms with Crippen LogP contribution in [-0.4, -0.2) is 48.4 Å². The van der Waals surface area contributed by atoms with Crippen molar-refractivity contribution in [3.05, 3.63) is 0 Å². The fraction of sp³-hybridized carbons (Fsp3) is 0.857. The molecule has 1 saturated carbocycles. The molecule has 20 heavy (non-hydrogen) atoms. The molecule has 6 heteroatoms. The molecule has 0 aromatic carbocycles. The monoisotopic (exact) mass is 285 g/mol. The molecule has 2 rings (SSSR count). The van der Waals surface area contributed by atoms with E-state index in [1.165, 1.54) is 0 Å². The maximum absolute atomic E-state index is 12.0. The summed E-state index contributed by atoms with van der Waals surface area (Å²) in [6.45, 7) is 2.93. The molecule has 2 N–H and O–H groups in total. The third-order valence-electron chi connectivity index (χ3n) is 4.05. The molecule has 4 atom stereocenters. The van der Waals surface area contributed by atoms with Gasteiger partial charge in [-0.05, 0) is 39.0 Å². The van der Waals surface area contributed by atoms with E-state index in [2.05, 4.69) is 5.32 Å². The average molecular weight is 285 g/mol. The van der Waals surface area contributed by atoms with E-state index in [0.717, 1.165) is 25.9 Å². The van der Waals surface area contributed by atoms with Crippen molar-refractivity contribution < 1.29 is 24.2 Å². The third-order valence-corrected chi connectivity index (χ3v) is 4.05. The van der Waals surface area contributed by atoms with Crippen molar-refractivity contribution in [3.63, 3.8) is 0 Å². The number of amides is 1. The molecule has 114 valence electrons. The Morgan fingerprint density at radius 3 is 2.80 bits per heavy atom. The van der Waals surface area contributed by atoms with Gasteiger partial charge in [0.25, 0.3) is 0 Å². The molecule has 1 aliphatic carbocycles. The Bertz CT molecular complexity index is 353. The van der Waals surface area contributed by atoms with E-state index in [1.807, 2.05) is 0 Å². The zero-order valence-electron chi connectivity index (χ0n) is 11.8. The fourth-order valence-electron chi connectivity index (χ4n) is 2.76. The predicted molar refractivity (Wildman–Crippen MR) is 71.3 cm³/mol. The maximum atomic E-state index is 12.0. The second-order valence-corrected chi connectivity index (χ2v) is 5.66. The van der Waals surface area contributed by atoms with E-state index in [1.54, 1.807) is 6.92 Å². The Morgan fingerprint density at radius 2 is 2.20 bits per heavy atom. The van der Waals surface area contributed by atoms with E-state index in [4.69, 9.17) is 14.6 Å². The lowest BCUT2D eigenvalue weighted by molar-refractivity contribution is -0.141. The van der Waals surface area contributed by atoms with E-state index < -0.39 is 12.1 Å². The number of carbonyl (C=O) groups excluding carboxylic acids is 1. The predicted octanol–water partition coefficient (Wildman–Crippen LogP) is 0.940. The molecule has 1 aliphatic heterocycles. The van der Waals surface area contributed by atoms with Crippen molar-refractivity contribution >= 4 is 11.9 Å². The lowest BCUT2D eigenvalue weighted by Gasteiger charge is -2.19. The van der Waals surface area contributed by atoms with Crippen LogP contribution in [-0.2, 0) is 19.1 Å². The van der Waals surface area contributed by atoms with Crippen molar-refractivity contribution in [1.82, 2.24) is 5.32 Å². The van der Waals surface area contributed by atoms with Gasteiger partial charge in [0.2, 0.25) is 5.91 Å². The molecule has 0 aromatic heterocycles. The van der Waals surface area contributed by atoms with E-state index in [0.29, 0.717) is 19.4 Å². The summed E-state index contributed by atoms with van der Waals surface area (Å²) in [5, 5.41) is 11.8. The maximum Gasteiger partial charge on any atom is 0.306 e. The van der Waals surface area contributed by atoms with Gasteiger partial charge in [0.15, 0.2) is 0 Å². The standard InChI is InChI=1S/C14H23NO5/c1-9(20-8-12-3-2-6-19-12)13(16)15-11-5-4-10(7-11)14(17)18/h9-12H,2-8H2,1H3,(H,15,16)(H,17,18)/t9?,10-,11+,12?/m0/s1. The van der Waals surface area contributed by atoms with E-state index in [-0.39, 0.29) is 24.0 Å². The SMILES string of the molecule is CC(OCC1CCCO1)C(=O)N[C@@H]1CC[C@H](C(=O)O)C1. The summed E-state index contributed by atoms with van der Waals surface area (Å²) in [4.78, 5) is 22.8. The summed E-state index contributed by atoms with van der Waals surface area (Å²) in [6, 6.07) is -0.0441. The Morgan fingerprint density at radius 1 is 1.40 bits per heavy atom. The number of carboxylic acid groups (broad SMARTS) is 1. The molecular weight excluding hydrogens is 262 g/mol. The molecule has 6 nitrogen and oxygen atoms in total. The smallest absolute Gasteiger partial charge is 0.306 e. The summed E-state index contributed by atoms with van der Waals surface area (Å²) in [5.41, 5.74) is 0. The highest BCUT2D eigenvalue weighted by Gasteiger charge is 2.31. The number of hydrogen-bond acceptors (Lipinski definition) is 4. The first-order valence-electron chi connectivity index (χ1n) is 7.32. The van der Waals surface area contributed by atoms with Crippen molar-refractivity contribution in [2.24, 2.45) is 5.92 Å². The van der Waals surface area contributed by atoms with Crippen molar-refractivity contribution in [1.29, 1.82) is 0 Å². The number of hydrogen-bond donors (Lipinski definition) is 2. The third kappa shape index (κ3) is 4.18. The number of carbonyl (C=O) groups is 2. The van der Waals surface area contributed by atoms with Gasteiger partial charge in [-0.2, -0.15) is 0 Å². The molecular formula is C14H23NO5. The molecule has 2 fully saturated rings. The summed E-state index contributed by atoms with van der Waals surface area (Å²) in [5.74, 6) is -1.27. The van der Waals surface area contributed by atoms with Crippen LogP contribution in [0.1, 0.15) is 39.0 Å². The first kappa shape index (κ1) is 15.3. The molecule has 0 bridgehead atoms. The first-order chi connectivity index (χ1) is 9.56. The van der Waals surface area contributed by atoms with Crippen LogP contribution in [0.5, 0.6) is 0 Å². The molecule has 0 radical (unpaired) electrons. The number of nitrogens with one attached hydrogen (secondary N) is 1.